The van der Waals surface area contributed by atoms with Gasteiger partial charge in [-0.05, 0) is 41.9 Å². The van der Waals surface area contributed by atoms with Gasteiger partial charge in [-0.15, -0.1) is 0 Å². The first-order valence-electron chi connectivity index (χ1n) is 7.56. The fourth-order valence-corrected chi connectivity index (χ4v) is 2.89. The maximum absolute atomic E-state index is 5.45. The lowest BCUT2D eigenvalue weighted by atomic mass is 10.1. The summed E-state index contributed by atoms with van der Waals surface area (Å²) < 4.78 is 0. The van der Waals surface area contributed by atoms with Crippen molar-refractivity contribution in [3.8, 4) is 0 Å². The highest BCUT2D eigenvalue weighted by atomic mass is 32.1. The second kappa shape index (κ2) is 6.22. The van der Waals surface area contributed by atoms with Crippen LogP contribution in [0.5, 0.6) is 0 Å². The molecule has 0 spiro atoms. The fourth-order valence-electron chi connectivity index (χ4n) is 2.66. The smallest absolute Gasteiger partial charge is 0.175 e. The number of hydrogen-bond donors (Lipinski definition) is 2. The van der Waals surface area contributed by atoms with Gasteiger partial charge in [0.05, 0.1) is 11.0 Å². The average Bonchev–Trinajstić information content (AvgIpc) is 2.62. The molecule has 3 aromatic carbocycles. The lowest BCUT2D eigenvalue weighted by Gasteiger charge is -2.13. The Hall–Kier alpha value is -3.05. The number of nitrogens with one attached hydrogen (secondary N) is 2. The largest absolute Gasteiger partial charge is 0.332 e. The van der Waals surface area contributed by atoms with Crippen molar-refractivity contribution < 1.29 is 0 Å². The van der Waals surface area contributed by atoms with Crippen LogP contribution < -0.4 is 10.6 Å². The van der Waals surface area contributed by atoms with Crippen LogP contribution in [0.15, 0.2) is 73.1 Å². The van der Waals surface area contributed by atoms with E-state index in [4.69, 9.17) is 12.2 Å². The Bertz CT molecular complexity index is 1040. The third-order valence-electron chi connectivity index (χ3n) is 3.77. The lowest BCUT2D eigenvalue weighted by molar-refractivity contribution is 1.29. The zero-order valence-electron chi connectivity index (χ0n) is 12.7. The molecule has 0 saturated heterocycles. The summed E-state index contributed by atoms with van der Waals surface area (Å²) in [4.78, 5) is 8.57. The molecule has 0 aliphatic carbocycles. The van der Waals surface area contributed by atoms with Crippen molar-refractivity contribution in [2.75, 3.05) is 10.6 Å². The summed E-state index contributed by atoms with van der Waals surface area (Å²) >= 11 is 5.45. The number of thiocarbonyl (C=S) groups is 1. The van der Waals surface area contributed by atoms with Crippen molar-refractivity contribution >= 4 is 50.5 Å². The summed E-state index contributed by atoms with van der Waals surface area (Å²) in [7, 11) is 0. The van der Waals surface area contributed by atoms with Crippen LogP contribution in [0.25, 0.3) is 21.8 Å². The van der Waals surface area contributed by atoms with E-state index in [0.717, 1.165) is 27.8 Å². The Morgan fingerprint density at radius 2 is 1.58 bits per heavy atom. The van der Waals surface area contributed by atoms with Crippen LogP contribution in [0.2, 0.25) is 0 Å². The van der Waals surface area contributed by atoms with Gasteiger partial charge in [0.2, 0.25) is 0 Å². The SMILES string of the molecule is S=C(Nc1ccc2nccnc2c1)Nc1cccc2ccccc12. The first-order valence-corrected chi connectivity index (χ1v) is 7.97. The van der Waals surface area contributed by atoms with E-state index in [9.17, 15) is 0 Å². The van der Waals surface area contributed by atoms with Gasteiger partial charge in [-0.25, -0.2) is 0 Å². The van der Waals surface area contributed by atoms with Gasteiger partial charge in [-0.1, -0.05) is 36.4 Å². The van der Waals surface area contributed by atoms with Gasteiger partial charge in [0.1, 0.15) is 0 Å². The second-order valence-corrected chi connectivity index (χ2v) is 5.77. The summed E-state index contributed by atoms with van der Waals surface area (Å²) in [5, 5.41) is 9.31. The summed E-state index contributed by atoms with van der Waals surface area (Å²) in [5.41, 5.74) is 3.54. The highest BCUT2D eigenvalue weighted by Gasteiger charge is 2.04. The lowest BCUT2D eigenvalue weighted by Crippen LogP contribution is -2.19. The normalized spacial score (nSPS) is 10.7. The Labute approximate surface area is 144 Å². The molecule has 2 N–H and O–H groups in total. The van der Waals surface area contributed by atoms with E-state index in [1.807, 2.05) is 42.5 Å². The predicted molar refractivity (Wildman–Crippen MR) is 103 cm³/mol. The van der Waals surface area contributed by atoms with Gasteiger partial charge >= 0.3 is 0 Å². The van der Waals surface area contributed by atoms with Crippen LogP contribution in [-0.4, -0.2) is 15.1 Å². The molecule has 1 heterocycles. The summed E-state index contributed by atoms with van der Waals surface area (Å²) in [6.45, 7) is 0. The van der Waals surface area contributed by atoms with Crippen LogP contribution in [0.1, 0.15) is 0 Å². The molecule has 0 radical (unpaired) electrons. The van der Waals surface area contributed by atoms with E-state index in [1.165, 1.54) is 5.39 Å². The average molecular weight is 330 g/mol. The molecule has 0 fully saturated rings. The van der Waals surface area contributed by atoms with E-state index in [0.29, 0.717) is 5.11 Å². The highest BCUT2D eigenvalue weighted by Crippen LogP contribution is 2.23. The monoisotopic (exact) mass is 330 g/mol. The number of hydrogen-bond acceptors (Lipinski definition) is 3. The van der Waals surface area contributed by atoms with E-state index in [2.05, 4.69) is 38.8 Å². The minimum absolute atomic E-state index is 0.537. The van der Waals surface area contributed by atoms with E-state index >= 15 is 0 Å². The van der Waals surface area contributed by atoms with Gasteiger partial charge in [0, 0.05) is 29.2 Å². The number of aromatic nitrogens is 2. The molecule has 0 saturated carbocycles. The molecule has 5 heteroatoms. The molecule has 0 atom stereocenters. The number of rotatable bonds is 2. The van der Waals surface area contributed by atoms with Crippen LogP contribution in [0, 0.1) is 0 Å². The van der Waals surface area contributed by atoms with Crippen LogP contribution in [0.3, 0.4) is 0 Å². The van der Waals surface area contributed by atoms with Gasteiger partial charge in [-0.3, -0.25) is 9.97 Å². The maximum atomic E-state index is 5.45. The Kier molecular flexibility index (Phi) is 3.76. The zero-order chi connectivity index (χ0) is 16.4. The molecule has 0 amide bonds. The molecule has 4 nitrogen and oxygen atoms in total. The molecule has 0 unspecified atom stereocenters. The summed E-state index contributed by atoms with van der Waals surface area (Å²) in [6, 6.07) is 20.1. The van der Waals surface area contributed by atoms with Crippen molar-refractivity contribution in [1.29, 1.82) is 0 Å². The first-order chi connectivity index (χ1) is 11.8. The first kappa shape index (κ1) is 14.5. The van der Waals surface area contributed by atoms with E-state index < -0.39 is 0 Å². The molecule has 0 aliphatic heterocycles. The van der Waals surface area contributed by atoms with E-state index in [-0.39, 0.29) is 0 Å². The molecule has 116 valence electrons. The van der Waals surface area contributed by atoms with E-state index in [1.54, 1.807) is 12.4 Å². The van der Waals surface area contributed by atoms with Crippen LogP contribution in [-0.2, 0) is 0 Å². The van der Waals surface area contributed by atoms with Crippen LogP contribution >= 0.6 is 12.2 Å². The predicted octanol–water partition coefficient (Wildman–Crippen LogP) is 4.59. The van der Waals surface area contributed by atoms with Gasteiger partial charge in [0.15, 0.2) is 5.11 Å². The quantitative estimate of drug-likeness (QED) is 0.526. The van der Waals surface area contributed by atoms with Crippen molar-refractivity contribution in [3.05, 3.63) is 73.1 Å². The van der Waals surface area contributed by atoms with Gasteiger partial charge in [-0.2, -0.15) is 0 Å². The van der Waals surface area contributed by atoms with Gasteiger partial charge in [0.25, 0.3) is 0 Å². The number of nitrogens with zero attached hydrogens (tertiary/aromatic N) is 2. The fraction of sp³-hybridized carbons (Fsp3) is 0. The van der Waals surface area contributed by atoms with Crippen molar-refractivity contribution in [2.45, 2.75) is 0 Å². The zero-order valence-corrected chi connectivity index (χ0v) is 13.5. The number of fused-ring (bicyclic) bond motifs is 2. The molecule has 0 aliphatic rings. The molecular weight excluding hydrogens is 316 g/mol. The number of benzene rings is 3. The van der Waals surface area contributed by atoms with Crippen molar-refractivity contribution in [3.63, 3.8) is 0 Å². The standard InChI is InChI=1S/C19H14N4S/c24-19(22-14-8-9-17-18(12-14)21-11-10-20-17)23-16-7-3-5-13-4-1-2-6-15(13)16/h1-12H,(H2,22,23,24). The Balaban J connectivity index is 1.57. The summed E-state index contributed by atoms with van der Waals surface area (Å²) in [5.74, 6) is 0. The highest BCUT2D eigenvalue weighted by molar-refractivity contribution is 7.80. The molecule has 4 rings (SSSR count). The van der Waals surface area contributed by atoms with Crippen LogP contribution in [0.4, 0.5) is 11.4 Å². The Morgan fingerprint density at radius 1 is 0.792 bits per heavy atom. The minimum Gasteiger partial charge on any atom is -0.332 e. The Morgan fingerprint density at radius 3 is 2.50 bits per heavy atom. The molecule has 0 bridgehead atoms. The third-order valence-corrected chi connectivity index (χ3v) is 3.97. The van der Waals surface area contributed by atoms with Crippen molar-refractivity contribution in [2.24, 2.45) is 0 Å². The maximum Gasteiger partial charge on any atom is 0.175 e. The molecule has 1 aromatic heterocycles. The molecular formula is C19H14N4S. The number of anilines is 2. The molecule has 4 aromatic rings. The minimum atomic E-state index is 0.537. The van der Waals surface area contributed by atoms with Crippen molar-refractivity contribution in [1.82, 2.24) is 9.97 Å². The third kappa shape index (κ3) is 2.89. The van der Waals surface area contributed by atoms with Gasteiger partial charge < -0.3 is 10.6 Å². The molecule has 24 heavy (non-hydrogen) atoms. The topological polar surface area (TPSA) is 49.8 Å². The summed E-state index contributed by atoms with van der Waals surface area (Å²) in [6.07, 6.45) is 3.36. The second-order valence-electron chi connectivity index (χ2n) is 5.37.